The average molecular weight is 297 g/mol. The molecule has 0 saturated carbocycles. The van der Waals surface area contributed by atoms with Gasteiger partial charge in [0, 0.05) is 11.6 Å². The van der Waals surface area contributed by atoms with Crippen molar-refractivity contribution in [2.24, 2.45) is 0 Å². The van der Waals surface area contributed by atoms with Crippen LogP contribution in [0.1, 0.15) is 55.7 Å². The molecule has 3 nitrogen and oxygen atoms in total. The topological polar surface area (TPSA) is 40.5 Å². The van der Waals surface area contributed by atoms with Gasteiger partial charge in [0.15, 0.2) is 0 Å². The van der Waals surface area contributed by atoms with E-state index in [1.54, 1.807) is 12.1 Å². The van der Waals surface area contributed by atoms with Crippen molar-refractivity contribution in [1.82, 2.24) is 4.90 Å². The number of aliphatic carboxylic acids is 1. The quantitative estimate of drug-likeness (QED) is 0.892. The van der Waals surface area contributed by atoms with Crippen LogP contribution in [-0.4, -0.2) is 29.1 Å². The van der Waals surface area contributed by atoms with E-state index in [0.717, 1.165) is 38.8 Å². The largest absolute Gasteiger partial charge is 0.481 e. The van der Waals surface area contributed by atoms with Crippen LogP contribution in [0.3, 0.4) is 0 Å². The third kappa shape index (κ3) is 4.49. The first kappa shape index (κ1) is 15.9. The summed E-state index contributed by atoms with van der Waals surface area (Å²) in [4.78, 5) is 13.3. The predicted octanol–water partition coefficient (Wildman–Crippen LogP) is 4.02. The number of nitrogens with zero attached hydrogens (tertiary/aromatic N) is 1. The lowest BCUT2D eigenvalue weighted by Crippen LogP contribution is -2.31. The smallest absolute Gasteiger partial charge is 0.305 e. The Morgan fingerprint density at radius 2 is 1.76 bits per heavy atom. The number of halogens is 2. The maximum atomic E-state index is 12.9. The van der Waals surface area contributed by atoms with Gasteiger partial charge < -0.3 is 5.11 Å². The van der Waals surface area contributed by atoms with Crippen molar-refractivity contribution in [3.63, 3.8) is 0 Å². The molecule has 1 saturated heterocycles. The highest BCUT2D eigenvalue weighted by Gasteiger charge is 2.24. The third-order valence-corrected chi connectivity index (χ3v) is 4.00. The van der Waals surface area contributed by atoms with Crippen LogP contribution in [0, 0.1) is 0 Å². The van der Waals surface area contributed by atoms with Gasteiger partial charge in [0.25, 0.3) is 6.43 Å². The van der Waals surface area contributed by atoms with Gasteiger partial charge in [0.1, 0.15) is 0 Å². The summed E-state index contributed by atoms with van der Waals surface area (Å²) in [5.41, 5.74) is 0.634. The molecular formula is C16H21F2NO2. The van der Waals surface area contributed by atoms with Gasteiger partial charge in [-0.15, -0.1) is 0 Å². The minimum atomic E-state index is -2.53. The molecule has 1 aliphatic rings. The Morgan fingerprint density at radius 3 is 2.33 bits per heavy atom. The van der Waals surface area contributed by atoms with E-state index in [4.69, 9.17) is 5.11 Å². The number of rotatable bonds is 5. The summed E-state index contributed by atoms with van der Waals surface area (Å²) >= 11 is 0. The molecule has 5 heteroatoms. The molecule has 1 aromatic rings. The molecule has 1 fully saturated rings. The Hall–Kier alpha value is -1.49. The normalized spacial score (nSPS) is 18.4. The maximum absolute atomic E-state index is 12.9. The van der Waals surface area contributed by atoms with Gasteiger partial charge in [-0.05, 0) is 37.6 Å². The summed E-state index contributed by atoms with van der Waals surface area (Å²) in [5, 5.41) is 9.15. The molecule has 0 radical (unpaired) electrons. The average Bonchev–Trinajstić information content (AvgIpc) is 2.73. The number of hydrogen-bond acceptors (Lipinski definition) is 2. The number of carboxylic acid groups (broad SMARTS) is 1. The zero-order chi connectivity index (χ0) is 15.2. The minimum Gasteiger partial charge on any atom is -0.481 e. The Morgan fingerprint density at radius 1 is 1.14 bits per heavy atom. The number of carbonyl (C=O) groups is 1. The van der Waals surface area contributed by atoms with E-state index in [9.17, 15) is 13.6 Å². The minimum absolute atomic E-state index is 0.0438. The lowest BCUT2D eigenvalue weighted by atomic mass is 9.99. The van der Waals surface area contributed by atoms with E-state index in [0.29, 0.717) is 5.56 Å². The van der Waals surface area contributed by atoms with Crippen LogP contribution in [0.2, 0.25) is 0 Å². The molecule has 1 heterocycles. The second-order valence-corrected chi connectivity index (χ2v) is 5.53. The zero-order valence-corrected chi connectivity index (χ0v) is 12.0. The summed E-state index contributed by atoms with van der Waals surface area (Å²) in [5.74, 6) is -0.897. The second-order valence-electron chi connectivity index (χ2n) is 5.53. The molecule has 116 valence electrons. The lowest BCUT2D eigenvalue weighted by molar-refractivity contribution is -0.138. The highest BCUT2D eigenvalue weighted by molar-refractivity contribution is 5.68. The van der Waals surface area contributed by atoms with Crippen molar-refractivity contribution >= 4 is 5.97 Å². The molecule has 1 unspecified atom stereocenters. The monoisotopic (exact) mass is 297 g/mol. The summed E-state index contributed by atoms with van der Waals surface area (Å²) in [6.45, 7) is 1.66. The van der Waals surface area contributed by atoms with E-state index in [1.165, 1.54) is 12.1 Å². The van der Waals surface area contributed by atoms with Gasteiger partial charge in [-0.25, -0.2) is 8.78 Å². The van der Waals surface area contributed by atoms with Gasteiger partial charge in [0.2, 0.25) is 0 Å². The molecule has 2 rings (SSSR count). The van der Waals surface area contributed by atoms with E-state index in [-0.39, 0.29) is 18.0 Å². The van der Waals surface area contributed by atoms with Crippen molar-refractivity contribution in [2.75, 3.05) is 13.1 Å². The fourth-order valence-corrected chi connectivity index (χ4v) is 2.93. The first-order valence-corrected chi connectivity index (χ1v) is 7.42. The van der Waals surface area contributed by atoms with Crippen molar-refractivity contribution in [2.45, 2.75) is 44.6 Å². The zero-order valence-electron chi connectivity index (χ0n) is 12.0. The molecule has 21 heavy (non-hydrogen) atoms. The van der Waals surface area contributed by atoms with Gasteiger partial charge in [-0.2, -0.15) is 0 Å². The SMILES string of the molecule is O=C(O)CC(c1cccc(C(F)F)c1)N1CCCCCC1. The summed E-state index contributed by atoms with van der Waals surface area (Å²) in [7, 11) is 0. The first-order chi connectivity index (χ1) is 10.1. The molecule has 0 spiro atoms. The van der Waals surface area contributed by atoms with Crippen molar-refractivity contribution < 1.29 is 18.7 Å². The molecular weight excluding hydrogens is 276 g/mol. The lowest BCUT2D eigenvalue weighted by Gasteiger charge is -2.30. The van der Waals surface area contributed by atoms with Crippen molar-refractivity contribution in [1.29, 1.82) is 0 Å². The Labute approximate surface area is 123 Å². The highest BCUT2D eigenvalue weighted by Crippen LogP contribution is 2.30. The van der Waals surface area contributed by atoms with Crippen LogP contribution in [-0.2, 0) is 4.79 Å². The Kier molecular flexibility index (Phi) is 5.67. The van der Waals surface area contributed by atoms with E-state index < -0.39 is 12.4 Å². The standard InChI is InChI=1S/C16H21F2NO2/c17-16(18)13-7-5-6-12(10-13)14(11-15(20)21)19-8-3-1-2-4-9-19/h5-7,10,14,16H,1-4,8-9,11H2,(H,20,21). The fourth-order valence-electron chi connectivity index (χ4n) is 2.93. The molecule has 0 aromatic heterocycles. The van der Waals surface area contributed by atoms with Crippen LogP contribution in [0.5, 0.6) is 0 Å². The van der Waals surface area contributed by atoms with Gasteiger partial charge in [-0.3, -0.25) is 9.69 Å². The fraction of sp³-hybridized carbons (Fsp3) is 0.562. The summed E-state index contributed by atoms with van der Waals surface area (Å²) in [6, 6.07) is 5.85. The first-order valence-electron chi connectivity index (χ1n) is 7.42. The van der Waals surface area contributed by atoms with E-state index in [1.807, 2.05) is 0 Å². The van der Waals surface area contributed by atoms with Crippen LogP contribution < -0.4 is 0 Å². The van der Waals surface area contributed by atoms with Crippen molar-refractivity contribution in [3.8, 4) is 0 Å². The van der Waals surface area contributed by atoms with Gasteiger partial charge in [0.05, 0.1) is 6.42 Å². The predicted molar refractivity (Wildman–Crippen MR) is 76.4 cm³/mol. The Balaban J connectivity index is 2.25. The number of carboxylic acids is 1. The van der Waals surface area contributed by atoms with Crippen molar-refractivity contribution in [3.05, 3.63) is 35.4 Å². The van der Waals surface area contributed by atoms with E-state index in [2.05, 4.69) is 4.90 Å². The van der Waals surface area contributed by atoms with Crippen LogP contribution in [0.15, 0.2) is 24.3 Å². The van der Waals surface area contributed by atoms with Crippen LogP contribution in [0.25, 0.3) is 0 Å². The molecule has 1 aliphatic heterocycles. The number of hydrogen-bond donors (Lipinski definition) is 1. The Bertz CT molecular complexity index is 471. The highest BCUT2D eigenvalue weighted by atomic mass is 19.3. The maximum Gasteiger partial charge on any atom is 0.305 e. The van der Waals surface area contributed by atoms with E-state index >= 15 is 0 Å². The van der Waals surface area contributed by atoms with Gasteiger partial charge >= 0.3 is 5.97 Å². The molecule has 1 aromatic carbocycles. The summed E-state index contributed by atoms with van der Waals surface area (Å²) in [6.07, 6.45) is 1.78. The number of benzene rings is 1. The molecule has 0 aliphatic carbocycles. The molecule has 1 atom stereocenters. The number of likely N-dealkylation sites (tertiary alicyclic amines) is 1. The van der Waals surface area contributed by atoms with Crippen LogP contribution in [0.4, 0.5) is 8.78 Å². The third-order valence-electron chi connectivity index (χ3n) is 4.00. The van der Waals surface area contributed by atoms with Gasteiger partial charge in [-0.1, -0.05) is 31.0 Å². The molecule has 1 N–H and O–H groups in total. The molecule has 0 bridgehead atoms. The molecule has 0 amide bonds. The second kappa shape index (κ2) is 7.50. The van der Waals surface area contributed by atoms with Crippen LogP contribution >= 0.6 is 0 Å². The number of alkyl halides is 2. The summed E-state index contributed by atoms with van der Waals surface area (Å²) < 4.78 is 25.7.